The summed E-state index contributed by atoms with van der Waals surface area (Å²) < 4.78 is 33.6. The van der Waals surface area contributed by atoms with Gasteiger partial charge >= 0.3 is 0 Å². The van der Waals surface area contributed by atoms with Crippen molar-refractivity contribution < 1.29 is 27.8 Å². The van der Waals surface area contributed by atoms with Crippen LogP contribution >= 0.6 is 0 Å². The number of rotatable bonds is 6. The Bertz CT molecular complexity index is 2230. The molecule has 6 rings (SSSR count). The minimum absolute atomic E-state index is 0.179. The number of fused-ring (bicyclic) bond motifs is 2. The van der Waals surface area contributed by atoms with Gasteiger partial charge in [0.1, 0.15) is 51.6 Å². The van der Waals surface area contributed by atoms with Crippen LogP contribution in [0, 0.1) is 11.8 Å². The normalized spacial score (nSPS) is 10.7. The Morgan fingerprint density at radius 2 is 1.32 bits per heavy atom. The van der Waals surface area contributed by atoms with E-state index >= 15 is 0 Å². The molecule has 218 valence electrons. The Hall–Kier alpha value is -5.94. The van der Waals surface area contributed by atoms with Gasteiger partial charge < -0.3 is 27.8 Å². The van der Waals surface area contributed by atoms with Crippen LogP contribution in [0.15, 0.2) is 104 Å². The zero-order valence-corrected chi connectivity index (χ0v) is 24.3. The summed E-state index contributed by atoms with van der Waals surface area (Å²) in [5, 5.41) is 0.812. The molecule has 0 radical (unpaired) electrons. The third kappa shape index (κ3) is 5.12. The molecule has 0 aliphatic heterocycles. The van der Waals surface area contributed by atoms with Gasteiger partial charge in [0.2, 0.25) is 0 Å². The van der Waals surface area contributed by atoms with Crippen LogP contribution < -0.4 is 29.8 Å². The summed E-state index contributed by atoms with van der Waals surface area (Å²) in [5.41, 5.74) is 3.20. The molecule has 0 saturated heterocycles. The maximum absolute atomic E-state index is 13.3. The van der Waals surface area contributed by atoms with Gasteiger partial charge in [-0.05, 0) is 60.2 Å². The van der Waals surface area contributed by atoms with Gasteiger partial charge in [-0.2, -0.15) is 0 Å². The molecular weight excluding hydrogens is 560 g/mol. The maximum atomic E-state index is 13.3. The predicted molar refractivity (Wildman–Crippen MR) is 168 cm³/mol. The molecule has 6 aromatic rings. The summed E-state index contributed by atoms with van der Waals surface area (Å²) in [6.45, 7) is 0. The minimum atomic E-state index is -0.221. The van der Waals surface area contributed by atoms with E-state index in [-0.39, 0.29) is 10.9 Å². The average molecular weight is 587 g/mol. The SMILES string of the molecule is COc1ccc2c(=O)c(-c3ccc(OC)c(C#Cc4cc(-c5cc(=O)c6c(OC)cccc6o5)ccc4OC)c3)coc2c1. The minimum Gasteiger partial charge on any atom is -0.497 e. The van der Waals surface area contributed by atoms with Gasteiger partial charge in [0, 0.05) is 17.7 Å². The second-order valence-corrected chi connectivity index (χ2v) is 9.73. The van der Waals surface area contributed by atoms with Gasteiger partial charge in [-0.1, -0.05) is 24.0 Å². The van der Waals surface area contributed by atoms with E-state index < -0.39 is 0 Å². The average Bonchev–Trinajstić information content (AvgIpc) is 3.06. The maximum Gasteiger partial charge on any atom is 0.200 e. The lowest BCUT2D eigenvalue weighted by molar-refractivity contribution is 0.413. The molecule has 44 heavy (non-hydrogen) atoms. The quantitative estimate of drug-likeness (QED) is 0.200. The molecule has 0 bridgehead atoms. The van der Waals surface area contributed by atoms with Crippen LogP contribution in [0.1, 0.15) is 11.1 Å². The van der Waals surface area contributed by atoms with E-state index in [4.69, 9.17) is 27.8 Å². The number of ether oxygens (including phenoxy) is 4. The zero-order valence-electron chi connectivity index (χ0n) is 24.3. The molecule has 0 amide bonds. The van der Waals surface area contributed by atoms with Crippen molar-refractivity contribution in [1.82, 2.24) is 0 Å². The highest BCUT2D eigenvalue weighted by molar-refractivity contribution is 5.85. The van der Waals surface area contributed by atoms with Crippen LogP contribution in [-0.4, -0.2) is 28.4 Å². The summed E-state index contributed by atoms with van der Waals surface area (Å²) in [4.78, 5) is 26.3. The first-order valence-corrected chi connectivity index (χ1v) is 13.5. The van der Waals surface area contributed by atoms with E-state index in [1.807, 2.05) is 0 Å². The number of benzene rings is 4. The van der Waals surface area contributed by atoms with Gasteiger partial charge in [0.25, 0.3) is 0 Å². The van der Waals surface area contributed by atoms with Crippen molar-refractivity contribution in [1.29, 1.82) is 0 Å². The molecule has 0 spiro atoms. The Morgan fingerprint density at radius 1 is 0.636 bits per heavy atom. The molecule has 0 saturated carbocycles. The lowest BCUT2D eigenvalue weighted by Gasteiger charge is -2.09. The summed E-state index contributed by atoms with van der Waals surface area (Å²) in [5.74, 6) is 8.80. The van der Waals surface area contributed by atoms with E-state index in [0.717, 1.165) is 0 Å². The molecule has 0 unspecified atom stereocenters. The molecule has 0 aliphatic carbocycles. The molecule has 2 aromatic heterocycles. The summed E-state index contributed by atoms with van der Waals surface area (Å²) in [7, 11) is 6.17. The standard InChI is InChI=1S/C36H26O8/c1-39-25-12-13-26-34(18-25)43-20-27(36(26)38)21-10-14-29(40-2)22(16-21)8-9-23-17-24(11-15-30(23)41-3)33-19-28(37)35-31(42-4)6-5-7-32(35)44-33/h5-7,10-20H,1-4H3. The highest BCUT2D eigenvalue weighted by Gasteiger charge is 2.14. The van der Waals surface area contributed by atoms with Gasteiger partial charge in [-0.3, -0.25) is 9.59 Å². The predicted octanol–water partition coefficient (Wildman–Crippen LogP) is 6.67. The van der Waals surface area contributed by atoms with E-state index in [0.29, 0.717) is 78.5 Å². The lowest BCUT2D eigenvalue weighted by Crippen LogP contribution is -2.05. The van der Waals surface area contributed by atoms with Crippen LogP contribution in [0.2, 0.25) is 0 Å². The van der Waals surface area contributed by atoms with E-state index in [2.05, 4.69) is 11.8 Å². The molecule has 0 aliphatic rings. The van der Waals surface area contributed by atoms with Crippen LogP contribution in [0.5, 0.6) is 23.0 Å². The molecule has 8 nitrogen and oxygen atoms in total. The van der Waals surface area contributed by atoms with Crippen molar-refractivity contribution in [2.45, 2.75) is 0 Å². The largest absolute Gasteiger partial charge is 0.497 e. The molecule has 0 N–H and O–H groups in total. The third-order valence-corrected chi connectivity index (χ3v) is 7.24. The topological polar surface area (TPSA) is 97.3 Å². The van der Waals surface area contributed by atoms with Gasteiger partial charge in [0.15, 0.2) is 10.9 Å². The van der Waals surface area contributed by atoms with Crippen molar-refractivity contribution in [3.8, 4) is 57.3 Å². The first-order valence-electron chi connectivity index (χ1n) is 13.5. The fourth-order valence-electron chi connectivity index (χ4n) is 4.99. The van der Waals surface area contributed by atoms with Crippen molar-refractivity contribution in [3.63, 3.8) is 0 Å². The third-order valence-electron chi connectivity index (χ3n) is 7.24. The Kier molecular flexibility index (Phi) is 7.52. The van der Waals surface area contributed by atoms with Crippen molar-refractivity contribution >= 4 is 21.9 Å². The highest BCUT2D eigenvalue weighted by atomic mass is 16.5. The number of hydrogen-bond donors (Lipinski definition) is 0. The van der Waals surface area contributed by atoms with Crippen LogP contribution in [0.3, 0.4) is 0 Å². The van der Waals surface area contributed by atoms with Gasteiger partial charge in [0.05, 0.1) is 50.5 Å². The van der Waals surface area contributed by atoms with Crippen molar-refractivity contribution in [3.05, 3.63) is 117 Å². The second kappa shape index (κ2) is 11.7. The molecular formula is C36H26O8. The molecule has 8 heteroatoms. The van der Waals surface area contributed by atoms with Crippen LogP contribution in [0.25, 0.3) is 44.4 Å². The van der Waals surface area contributed by atoms with Gasteiger partial charge in [-0.25, -0.2) is 0 Å². The second-order valence-electron chi connectivity index (χ2n) is 9.73. The Labute approximate surface area is 252 Å². The smallest absolute Gasteiger partial charge is 0.200 e. The molecule has 0 atom stereocenters. The van der Waals surface area contributed by atoms with E-state index in [1.165, 1.54) is 19.4 Å². The highest BCUT2D eigenvalue weighted by Crippen LogP contribution is 2.31. The Balaban J connectivity index is 1.42. The first kappa shape index (κ1) is 28.2. The first-order chi connectivity index (χ1) is 21.4. The van der Waals surface area contributed by atoms with E-state index in [1.54, 1.807) is 94.1 Å². The fraction of sp³-hybridized carbons (Fsp3) is 0.111. The Morgan fingerprint density at radius 3 is 2.00 bits per heavy atom. The summed E-state index contributed by atoms with van der Waals surface area (Å²) in [6.07, 6.45) is 1.43. The van der Waals surface area contributed by atoms with Gasteiger partial charge in [-0.15, -0.1) is 0 Å². The van der Waals surface area contributed by atoms with E-state index in [9.17, 15) is 9.59 Å². The lowest BCUT2D eigenvalue weighted by atomic mass is 10.0. The number of hydrogen-bond acceptors (Lipinski definition) is 8. The molecule has 0 fully saturated rings. The van der Waals surface area contributed by atoms with Crippen molar-refractivity contribution in [2.75, 3.05) is 28.4 Å². The molecule has 4 aromatic carbocycles. The monoisotopic (exact) mass is 586 g/mol. The zero-order chi connectivity index (χ0) is 30.8. The molecule has 2 heterocycles. The van der Waals surface area contributed by atoms with Crippen LogP contribution in [0.4, 0.5) is 0 Å². The number of methoxy groups -OCH3 is 4. The summed E-state index contributed by atoms with van der Waals surface area (Å²) >= 11 is 0. The van der Waals surface area contributed by atoms with Crippen molar-refractivity contribution in [2.24, 2.45) is 0 Å². The fourth-order valence-corrected chi connectivity index (χ4v) is 4.99. The summed E-state index contributed by atoms with van der Waals surface area (Å²) in [6, 6.07) is 22.4. The van der Waals surface area contributed by atoms with Crippen LogP contribution in [-0.2, 0) is 0 Å².